The molecule has 0 aliphatic carbocycles. The van der Waals surface area contributed by atoms with Gasteiger partial charge in [-0.15, -0.1) is 11.3 Å². The number of hydrogen-bond acceptors (Lipinski definition) is 6. The number of fused-ring (bicyclic) bond motifs is 1. The normalized spacial score (nSPS) is 17.6. The van der Waals surface area contributed by atoms with E-state index >= 15 is 4.39 Å². The number of likely N-dealkylation sites (N-methyl/N-ethyl adjacent to an activating group) is 1. The number of para-hydroxylation sites is 1. The molecule has 0 bridgehead atoms. The van der Waals surface area contributed by atoms with Gasteiger partial charge in [-0.2, -0.15) is 0 Å². The number of urea groups is 1. The van der Waals surface area contributed by atoms with Crippen molar-refractivity contribution in [2.24, 2.45) is 0 Å². The zero-order valence-corrected chi connectivity index (χ0v) is 22.5. The van der Waals surface area contributed by atoms with Crippen molar-refractivity contribution in [2.75, 3.05) is 50.1 Å². The van der Waals surface area contributed by atoms with Crippen LogP contribution in [0.1, 0.15) is 16.1 Å². The third-order valence-corrected chi connectivity index (χ3v) is 8.42. The van der Waals surface area contributed by atoms with Crippen LogP contribution in [0.25, 0.3) is 10.2 Å². The lowest BCUT2D eigenvalue weighted by molar-refractivity contribution is 0.0788. The summed E-state index contributed by atoms with van der Waals surface area (Å²) in [5.41, 5.74) is 1.90. The molecule has 0 N–H and O–H groups in total. The Bertz CT molecular complexity index is 1540. The summed E-state index contributed by atoms with van der Waals surface area (Å²) in [4.78, 5) is 38.4. The van der Waals surface area contributed by atoms with Crippen LogP contribution in [0.2, 0.25) is 0 Å². The van der Waals surface area contributed by atoms with Crippen LogP contribution in [0.4, 0.5) is 20.6 Å². The lowest BCUT2D eigenvalue weighted by Crippen LogP contribution is -2.34. The quantitative estimate of drug-likeness (QED) is 0.322. The average molecular weight is 546 g/mol. The number of carbonyl (C=O) groups excluding carboxylic acids is 2. The van der Waals surface area contributed by atoms with Crippen molar-refractivity contribution in [1.82, 2.24) is 14.8 Å². The van der Waals surface area contributed by atoms with E-state index in [2.05, 4.69) is 9.88 Å². The van der Waals surface area contributed by atoms with E-state index in [4.69, 9.17) is 4.74 Å². The van der Waals surface area contributed by atoms with Crippen LogP contribution in [-0.2, 0) is 0 Å². The van der Waals surface area contributed by atoms with E-state index in [1.807, 2.05) is 49.3 Å². The van der Waals surface area contributed by atoms with E-state index in [1.54, 1.807) is 34.2 Å². The predicted octanol–water partition coefficient (Wildman–Crippen LogP) is 5.45. The van der Waals surface area contributed by atoms with Crippen molar-refractivity contribution < 1.29 is 18.7 Å². The monoisotopic (exact) mass is 545 g/mol. The molecule has 2 fully saturated rings. The van der Waals surface area contributed by atoms with E-state index in [0.29, 0.717) is 58.8 Å². The van der Waals surface area contributed by atoms with Crippen LogP contribution in [0.5, 0.6) is 11.5 Å². The molecule has 0 saturated carbocycles. The first-order valence-corrected chi connectivity index (χ1v) is 13.7. The Hall–Kier alpha value is -4.02. The smallest absolute Gasteiger partial charge is 0.329 e. The van der Waals surface area contributed by atoms with E-state index in [9.17, 15) is 9.59 Å². The van der Waals surface area contributed by atoms with Crippen LogP contribution >= 0.6 is 11.3 Å². The lowest BCUT2D eigenvalue weighted by Gasteiger charge is -2.19. The molecule has 6 rings (SSSR count). The van der Waals surface area contributed by atoms with Gasteiger partial charge >= 0.3 is 6.03 Å². The molecule has 2 aromatic carbocycles. The van der Waals surface area contributed by atoms with E-state index in [-0.39, 0.29) is 17.7 Å². The van der Waals surface area contributed by atoms with Gasteiger partial charge in [0.15, 0.2) is 11.6 Å². The second-order valence-electron chi connectivity index (χ2n) is 9.93. The summed E-state index contributed by atoms with van der Waals surface area (Å²) < 4.78 is 21.9. The van der Waals surface area contributed by atoms with Crippen LogP contribution in [0.3, 0.4) is 0 Å². The first-order chi connectivity index (χ1) is 18.9. The number of pyridine rings is 1. The van der Waals surface area contributed by atoms with Crippen molar-refractivity contribution in [3.05, 3.63) is 77.6 Å². The fourth-order valence-electron chi connectivity index (χ4n) is 5.09. The molecule has 2 aliphatic heterocycles. The van der Waals surface area contributed by atoms with Crippen molar-refractivity contribution in [2.45, 2.75) is 12.5 Å². The van der Waals surface area contributed by atoms with Crippen LogP contribution < -0.4 is 14.5 Å². The topological polar surface area (TPSA) is 69.2 Å². The number of aromatic nitrogens is 1. The SMILES string of the molecule is CN(C)C1CCN(C(=O)c2cc3nccc(Oc4ccc(N5CCN(c6ccccc6)C5=O)cc4F)c3s2)C1. The van der Waals surface area contributed by atoms with Gasteiger partial charge in [0.1, 0.15) is 5.75 Å². The van der Waals surface area contributed by atoms with Crippen LogP contribution in [-0.4, -0.2) is 73.0 Å². The highest BCUT2D eigenvalue weighted by molar-refractivity contribution is 7.21. The maximum Gasteiger partial charge on any atom is 0.329 e. The Balaban J connectivity index is 1.20. The highest BCUT2D eigenvalue weighted by atomic mass is 32.1. The molecule has 39 heavy (non-hydrogen) atoms. The number of carbonyl (C=O) groups is 2. The van der Waals surface area contributed by atoms with Crippen LogP contribution in [0.15, 0.2) is 66.9 Å². The minimum absolute atomic E-state index is 0.0244. The summed E-state index contributed by atoms with van der Waals surface area (Å²) >= 11 is 1.30. The van der Waals surface area contributed by atoms with Gasteiger partial charge in [0.2, 0.25) is 0 Å². The fourth-order valence-corrected chi connectivity index (χ4v) is 6.12. The molecule has 4 heterocycles. The summed E-state index contributed by atoms with van der Waals surface area (Å²) in [7, 11) is 4.05. The van der Waals surface area contributed by atoms with Gasteiger partial charge in [-0.05, 0) is 50.8 Å². The van der Waals surface area contributed by atoms with Gasteiger partial charge in [-0.25, -0.2) is 9.18 Å². The molecule has 0 radical (unpaired) electrons. The standard InChI is InChI=1S/C29H28FN5O3S/c1-32(2)21-11-13-33(18-21)28(36)26-17-23-27(39-26)25(10-12-31-23)38-24-9-8-20(16-22(24)30)35-15-14-34(29(35)37)19-6-4-3-5-7-19/h3-10,12,16-17,21H,11,13-15,18H2,1-2H3. The number of hydrogen-bond donors (Lipinski definition) is 0. The van der Waals surface area contributed by atoms with Gasteiger partial charge in [-0.1, -0.05) is 18.2 Å². The zero-order valence-electron chi connectivity index (χ0n) is 21.7. The first kappa shape index (κ1) is 25.3. The summed E-state index contributed by atoms with van der Waals surface area (Å²) in [6.45, 7) is 2.38. The molecule has 1 unspecified atom stereocenters. The molecule has 3 amide bonds. The predicted molar refractivity (Wildman–Crippen MR) is 151 cm³/mol. The largest absolute Gasteiger partial charge is 0.453 e. The number of ether oxygens (including phenoxy) is 1. The number of rotatable bonds is 6. The highest BCUT2D eigenvalue weighted by Crippen LogP contribution is 2.37. The molecule has 1 atom stereocenters. The Labute approximate surface area is 229 Å². The molecule has 2 aliphatic rings. The van der Waals surface area contributed by atoms with E-state index < -0.39 is 5.82 Å². The number of nitrogens with zero attached hydrogens (tertiary/aromatic N) is 5. The number of halogens is 1. The summed E-state index contributed by atoms with van der Waals surface area (Å²) in [5, 5.41) is 0. The van der Waals surface area contributed by atoms with Gasteiger partial charge in [0.05, 0.1) is 15.1 Å². The minimum atomic E-state index is -0.580. The molecule has 2 aromatic heterocycles. The number of likely N-dealkylation sites (tertiary alicyclic amines) is 1. The van der Waals surface area contributed by atoms with Gasteiger partial charge in [0, 0.05) is 61.9 Å². The lowest BCUT2D eigenvalue weighted by atomic mass is 10.2. The second-order valence-corrected chi connectivity index (χ2v) is 11.0. The Morgan fingerprint density at radius 1 is 1.00 bits per heavy atom. The Kier molecular flexibility index (Phi) is 6.66. The molecule has 8 nitrogen and oxygen atoms in total. The molecule has 200 valence electrons. The number of amides is 3. The molecular formula is C29H28FN5O3S. The Morgan fingerprint density at radius 2 is 1.77 bits per heavy atom. The van der Waals surface area contributed by atoms with Crippen molar-refractivity contribution >= 4 is 44.9 Å². The van der Waals surface area contributed by atoms with Crippen LogP contribution in [0, 0.1) is 5.82 Å². The summed E-state index contributed by atoms with van der Waals surface area (Å²) in [6.07, 6.45) is 2.53. The summed E-state index contributed by atoms with van der Waals surface area (Å²) in [6, 6.07) is 17.5. The molecule has 4 aromatic rings. The van der Waals surface area contributed by atoms with Crippen molar-refractivity contribution in [1.29, 1.82) is 0 Å². The first-order valence-electron chi connectivity index (χ1n) is 12.8. The molecule has 2 saturated heterocycles. The third kappa shape index (κ3) is 4.81. The maximum absolute atomic E-state index is 15.2. The zero-order chi connectivity index (χ0) is 27.1. The van der Waals surface area contributed by atoms with Gasteiger partial charge < -0.3 is 14.5 Å². The fraction of sp³-hybridized carbons (Fsp3) is 0.276. The third-order valence-electron chi connectivity index (χ3n) is 7.29. The highest BCUT2D eigenvalue weighted by Gasteiger charge is 2.32. The second kappa shape index (κ2) is 10.3. The summed E-state index contributed by atoms with van der Waals surface area (Å²) in [5.74, 6) is -0.144. The maximum atomic E-state index is 15.2. The average Bonchev–Trinajstić information content (AvgIpc) is 3.69. The van der Waals surface area contributed by atoms with Gasteiger partial charge in [0.25, 0.3) is 5.91 Å². The minimum Gasteiger partial charge on any atom is -0.453 e. The van der Waals surface area contributed by atoms with Crippen molar-refractivity contribution in [3.63, 3.8) is 0 Å². The van der Waals surface area contributed by atoms with Crippen molar-refractivity contribution in [3.8, 4) is 11.5 Å². The number of anilines is 2. The van der Waals surface area contributed by atoms with Gasteiger partial charge in [-0.3, -0.25) is 19.6 Å². The molecular weight excluding hydrogens is 517 g/mol. The Morgan fingerprint density at radius 3 is 2.49 bits per heavy atom. The molecule has 0 spiro atoms. The molecule has 10 heteroatoms. The van der Waals surface area contributed by atoms with E-state index in [1.165, 1.54) is 23.5 Å². The number of benzene rings is 2. The number of thiophene rings is 1. The van der Waals surface area contributed by atoms with E-state index in [0.717, 1.165) is 12.1 Å².